The molecular weight excluding hydrogens is 380 g/mol. The summed E-state index contributed by atoms with van der Waals surface area (Å²) in [7, 11) is 0. The normalized spacial score (nSPS) is 16.7. The van der Waals surface area contributed by atoms with E-state index in [1.807, 2.05) is 41.1 Å². The zero-order chi connectivity index (χ0) is 18.6. The molecule has 1 aliphatic rings. The van der Waals surface area contributed by atoms with Gasteiger partial charge < -0.3 is 10.2 Å². The van der Waals surface area contributed by atoms with Crippen LogP contribution in [0, 0.1) is 5.92 Å². The van der Waals surface area contributed by atoms with Crippen LogP contribution in [0.1, 0.15) is 17.8 Å². The van der Waals surface area contributed by atoms with Gasteiger partial charge in [-0.1, -0.05) is 12.1 Å². The van der Waals surface area contributed by atoms with Gasteiger partial charge in [-0.2, -0.15) is 0 Å². The van der Waals surface area contributed by atoms with Crippen LogP contribution in [0.4, 0.5) is 0 Å². The molecule has 1 atom stereocenters. The molecule has 27 heavy (non-hydrogen) atoms. The summed E-state index contributed by atoms with van der Waals surface area (Å²) in [5.41, 5.74) is 1.67. The van der Waals surface area contributed by atoms with Crippen molar-refractivity contribution in [3.05, 3.63) is 58.7 Å². The average molecular weight is 399 g/mol. The summed E-state index contributed by atoms with van der Waals surface area (Å²) >= 11 is 3.22. The van der Waals surface area contributed by atoms with Gasteiger partial charge in [0.25, 0.3) is 0 Å². The van der Waals surface area contributed by atoms with E-state index in [-0.39, 0.29) is 24.2 Å². The summed E-state index contributed by atoms with van der Waals surface area (Å²) in [6.07, 6.45) is 1.95. The Morgan fingerprint density at radius 2 is 2.15 bits per heavy atom. The molecule has 2 amide bonds. The van der Waals surface area contributed by atoms with E-state index in [4.69, 9.17) is 0 Å². The maximum absolute atomic E-state index is 12.5. The van der Waals surface area contributed by atoms with E-state index in [9.17, 15) is 9.59 Å². The van der Waals surface area contributed by atoms with Crippen molar-refractivity contribution < 1.29 is 9.59 Å². The van der Waals surface area contributed by atoms with Gasteiger partial charge in [0.05, 0.1) is 35.3 Å². The second kappa shape index (κ2) is 7.98. The number of carbonyl (C=O) groups excluding carboxylic acids is 2. The number of hydrogen-bond donors (Lipinski definition) is 1. The maximum Gasteiger partial charge on any atom is 0.225 e. The molecule has 1 unspecified atom stereocenters. The van der Waals surface area contributed by atoms with Gasteiger partial charge in [-0.3, -0.25) is 14.6 Å². The van der Waals surface area contributed by atoms with E-state index in [2.05, 4.69) is 15.3 Å². The van der Waals surface area contributed by atoms with Gasteiger partial charge >= 0.3 is 0 Å². The molecule has 1 fully saturated rings. The van der Waals surface area contributed by atoms with Crippen molar-refractivity contribution >= 4 is 34.5 Å². The van der Waals surface area contributed by atoms with Crippen molar-refractivity contribution in [2.24, 2.45) is 5.92 Å². The Kier molecular flexibility index (Phi) is 5.26. The molecule has 0 aromatic carbocycles. The highest BCUT2D eigenvalue weighted by Crippen LogP contribution is 2.27. The Labute approximate surface area is 164 Å². The van der Waals surface area contributed by atoms with Crippen molar-refractivity contribution in [1.29, 1.82) is 0 Å². The fraction of sp³-hybridized carbons (Fsp3) is 0.263. The summed E-state index contributed by atoms with van der Waals surface area (Å²) in [5.74, 6) is -0.427. The summed E-state index contributed by atoms with van der Waals surface area (Å²) in [6.45, 7) is 1.25. The highest BCUT2D eigenvalue weighted by molar-refractivity contribution is 7.20. The average Bonchev–Trinajstić information content (AvgIpc) is 3.42. The number of thiophene rings is 1. The molecule has 3 aromatic heterocycles. The number of thiazole rings is 1. The van der Waals surface area contributed by atoms with Gasteiger partial charge in [-0.15, -0.1) is 22.7 Å². The number of amides is 2. The van der Waals surface area contributed by atoms with Crippen LogP contribution in [0.5, 0.6) is 0 Å². The minimum absolute atomic E-state index is 0.00515. The van der Waals surface area contributed by atoms with E-state index >= 15 is 0 Å². The molecule has 1 aliphatic heterocycles. The predicted molar refractivity (Wildman–Crippen MR) is 105 cm³/mol. The smallest absolute Gasteiger partial charge is 0.225 e. The van der Waals surface area contributed by atoms with Gasteiger partial charge in [-0.25, -0.2) is 4.98 Å². The zero-order valence-electron chi connectivity index (χ0n) is 14.5. The third kappa shape index (κ3) is 4.23. The number of aromatic nitrogens is 2. The third-order valence-electron chi connectivity index (χ3n) is 4.39. The van der Waals surface area contributed by atoms with Crippen LogP contribution in [-0.2, 0) is 22.7 Å². The van der Waals surface area contributed by atoms with E-state index in [1.165, 1.54) is 0 Å². The number of likely N-dealkylation sites (tertiary alicyclic amines) is 1. The summed E-state index contributed by atoms with van der Waals surface area (Å²) in [4.78, 5) is 36.3. The molecular formula is C19H18N4O2S2. The van der Waals surface area contributed by atoms with E-state index in [0.717, 1.165) is 21.3 Å². The van der Waals surface area contributed by atoms with Crippen molar-refractivity contribution in [2.45, 2.75) is 19.5 Å². The highest BCUT2D eigenvalue weighted by atomic mass is 32.1. The van der Waals surface area contributed by atoms with Gasteiger partial charge in [-0.05, 0) is 23.6 Å². The SMILES string of the molecule is O=C(NCc1csc(-c2cccs2)n1)C1CC(=O)N(Cc2ccccn2)C1. The monoisotopic (exact) mass is 398 g/mol. The second-order valence-electron chi connectivity index (χ2n) is 6.34. The van der Waals surface area contributed by atoms with Crippen LogP contribution in [-0.4, -0.2) is 33.2 Å². The highest BCUT2D eigenvalue weighted by Gasteiger charge is 2.34. The van der Waals surface area contributed by atoms with E-state index in [0.29, 0.717) is 19.6 Å². The van der Waals surface area contributed by atoms with Crippen LogP contribution in [0.25, 0.3) is 9.88 Å². The fourth-order valence-corrected chi connectivity index (χ4v) is 4.65. The molecule has 0 radical (unpaired) electrons. The first kappa shape index (κ1) is 17.8. The molecule has 8 heteroatoms. The summed E-state index contributed by atoms with van der Waals surface area (Å²) < 4.78 is 0. The number of pyridine rings is 1. The Morgan fingerprint density at radius 3 is 2.93 bits per heavy atom. The van der Waals surface area contributed by atoms with Gasteiger partial charge in [0.2, 0.25) is 11.8 Å². The lowest BCUT2D eigenvalue weighted by atomic mass is 10.1. The van der Waals surface area contributed by atoms with Crippen molar-refractivity contribution in [3.8, 4) is 9.88 Å². The van der Waals surface area contributed by atoms with Gasteiger partial charge in [0, 0.05) is 24.5 Å². The van der Waals surface area contributed by atoms with Crippen molar-refractivity contribution in [2.75, 3.05) is 6.54 Å². The van der Waals surface area contributed by atoms with Crippen LogP contribution in [0.3, 0.4) is 0 Å². The lowest BCUT2D eigenvalue weighted by Gasteiger charge is -2.16. The Bertz CT molecular complexity index is 924. The molecule has 4 heterocycles. The third-order valence-corrected chi connectivity index (χ3v) is 6.32. The topological polar surface area (TPSA) is 75.2 Å². The molecule has 0 saturated carbocycles. The first-order valence-electron chi connectivity index (χ1n) is 8.63. The number of nitrogens with one attached hydrogen (secondary N) is 1. The number of carbonyl (C=O) groups is 2. The molecule has 1 N–H and O–H groups in total. The molecule has 4 rings (SSSR count). The van der Waals surface area contributed by atoms with Gasteiger partial charge in [0.15, 0.2) is 0 Å². The van der Waals surface area contributed by atoms with Gasteiger partial charge in [0.1, 0.15) is 5.01 Å². The van der Waals surface area contributed by atoms with E-state index < -0.39 is 0 Å². The zero-order valence-corrected chi connectivity index (χ0v) is 16.1. The van der Waals surface area contributed by atoms with Crippen LogP contribution in [0.15, 0.2) is 47.3 Å². The lowest BCUT2D eigenvalue weighted by Crippen LogP contribution is -2.32. The first-order chi connectivity index (χ1) is 13.2. The maximum atomic E-state index is 12.5. The summed E-state index contributed by atoms with van der Waals surface area (Å²) in [6, 6.07) is 9.65. The molecule has 0 aliphatic carbocycles. The quantitative estimate of drug-likeness (QED) is 0.693. The van der Waals surface area contributed by atoms with Crippen molar-refractivity contribution in [3.63, 3.8) is 0 Å². The van der Waals surface area contributed by atoms with Crippen molar-refractivity contribution in [1.82, 2.24) is 20.2 Å². The Balaban J connectivity index is 1.30. The fourth-order valence-electron chi connectivity index (χ4n) is 3.01. The lowest BCUT2D eigenvalue weighted by molar-refractivity contribution is -0.129. The molecule has 3 aromatic rings. The molecule has 6 nitrogen and oxygen atoms in total. The number of nitrogens with zero attached hydrogens (tertiary/aromatic N) is 3. The molecule has 1 saturated heterocycles. The predicted octanol–water partition coefficient (Wildman–Crippen LogP) is 2.93. The van der Waals surface area contributed by atoms with Crippen LogP contribution >= 0.6 is 22.7 Å². The van der Waals surface area contributed by atoms with E-state index in [1.54, 1.807) is 33.8 Å². The Hall–Kier alpha value is -2.58. The van der Waals surface area contributed by atoms with Crippen LogP contribution < -0.4 is 5.32 Å². The molecule has 0 spiro atoms. The van der Waals surface area contributed by atoms with Crippen LogP contribution in [0.2, 0.25) is 0 Å². The largest absolute Gasteiger partial charge is 0.350 e. The number of rotatable bonds is 6. The first-order valence-corrected chi connectivity index (χ1v) is 10.4. The summed E-state index contributed by atoms with van der Waals surface area (Å²) in [5, 5.41) is 7.86. The minimum atomic E-state index is -0.323. The number of hydrogen-bond acceptors (Lipinski definition) is 6. The molecule has 138 valence electrons. The minimum Gasteiger partial charge on any atom is -0.350 e. The molecule has 0 bridgehead atoms. The Morgan fingerprint density at radius 1 is 1.22 bits per heavy atom. The second-order valence-corrected chi connectivity index (χ2v) is 8.14. The standard InChI is InChI=1S/C19H18N4O2S2/c24-17-8-13(10-23(17)11-14-4-1-2-6-20-14)18(25)21-9-15-12-27-19(22-15)16-5-3-7-26-16/h1-7,12-13H,8-11H2,(H,21,25).